The topological polar surface area (TPSA) is 93.8 Å². The molecule has 0 aliphatic carbocycles. The Balaban J connectivity index is 2.27. The molecule has 0 atom stereocenters. The van der Waals surface area contributed by atoms with Crippen molar-refractivity contribution in [2.45, 2.75) is 5.76 Å². The van der Waals surface area contributed by atoms with Crippen molar-refractivity contribution in [2.24, 2.45) is 0 Å². The van der Waals surface area contributed by atoms with Gasteiger partial charge in [0, 0.05) is 12.1 Å². The maximum absolute atomic E-state index is 12.3. The molecule has 0 spiro atoms. The van der Waals surface area contributed by atoms with Crippen molar-refractivity contribution in [3.63, 3.8) is 0 Å². The molecule has 0 aliphatic rings. The van der Waals surface area contributed by atoms with Crippen molar-refractivity contribution in [1.82, 2.24) is 0 Å². The molecule has 0 saturated heterocycles. The van der Waals surface area contributed by atoms with Crippen molar-refractivity contribution in [3.8, 4) is 11.5 Å². The van der Waals surface area contributed by atoms with Crippen molar-refractivity contribution in [3.05, 3.63) is 46.6 Å². The second-order valence-corrected chi connectivity index (χ2v) is 6.09. The van der Waals surface area contributed by atoms with E-state index in [1.165, 1.54) is 12.1 Å². The van der Waals surface area contributed by atoms with Crippen LogP contribution in [0.25, 0.3) is 21.9 Å². The molecule has 0 unspecified atom stereocenters. The Morgan fingerprint density at radius 3 is 2.52 bits per heavy atom. The van der Waals surface area contributed by atoms with Crippen LogP contribution < -0.4 is 9.61 Å². The van der Waals surface area contributed by atoms with Crippen LogP contribution in [-0.2, 0) is 10.1 Å². The predicted molar refractivity (Wildman–Crippen MR) is 77.2 cm³/mol. The molecule has 23 heavy (non-hydrogen) atoms. The van der Waals surface area contributed by atoms with E-state index in [1.807, 2.05) is 0 Å². The number of phenolic OH excluding ortho intramolecular Hbond substituents is 1. The van der Waals surface area contributed by atoms with Gasteiger partial charge in [-0.1, -0.05) is 12.1 Å². The van der Waals surface area contributed by atoms with Gasteiger partial charge in [0.2, 0.25) is 5.43 Å². The average Bonchev–Trinajstić information content (AvgIpc) is 2.46. The van der Waals surface area contributed by atoms with E-state index in [2.05, 4.69) is 4.18 Å². The Bertz CT molecular complexity index is 1070. The number of hydrogen-bond donors (Lipinski definition) is 1. The molecule has 1 aromatic heterocycles. The zero-order valence-corrected chi connectivity index (χ0v) is 12.0. The van der Waals surface area contributed by atoms with E-state index >= 15 is 0 Å². The molecule has 0 aliphatic heterocycles. The van der Waals surface area contributed by atoms with Crippen LogP contribution in [0, 0.1) is 0 Å². The molecule has 2 aromatic carbocycles. The molecule has 9 heteroatoms. The number of para-hydroxylation sites is 1. The Hall–Kier alpha value is -2.68. The number of fused-ring (bicyclic) bond motifs is 2. The Morgan fingerprint density at radius 2 is 1.83 bits per heavy atom. The number of alkyl halides is 2. The lowest BCUT2D eigenvalue weighted by Gasteiger charge is -2.08. The van der Waals surface area contributed by atoms with Crippen molar-refractivity contribution >= 4 is 32.1 Å². The number of rotatable bonds is 3. The van der Waals surface area contributed by atoms with Crippen LogP contribution in [0.3, 0.4) is 0 Å². The van der Waals surface area contributed by atoms with E-state index < -0.39 is 32.8 Å². The summed E-state index contributed by atoms with van der Waals surface area (Å²) in [6.45, 7) is 0. The Morgan fingerprint density at radius 1 is 1.13 bits per heavy atom. The minimum absolute atomic E-state index is 0.187. The van der Waals surface area contributed by atoms with Gasteiger partial charge in [-0.25, -0.2) is 0 Å². The summed E-state index contributed by atoms with van der Waals surface area (Å²) in [5.41, 5.74) is -0.533. The van der Waals surface area contributed by atoms with E-state index in [9.17, 15) is 27.1 Å². The summed E-state index contributed by atoms with van der Waals surface area (Å²) in [5, 5.41) is 9.91. The van der Waals surface area contributed by atoms with E-state index in [0.717, 1.165) is 12.1 Å². The second-order valence-electron chi connectivity index (χ2n) is 4.58. The second kappa shape index (κ2) is 5.20. The number of benzene rings is 2. The van der Waals surface area contributed by atoms with Crippen LogP contribution in [0.15, 0.2) is 45.6 Å². The summed E-state index contributed by atoms with van der Waals surface area (Å²) in [6.07, 6.45) is 0. The molecule has 1 N–H and O–H groups in total. The summed E-state index contributed by atoms with van der Waals surface area (Å²) in [5.74, 6) is -4.97. The first kappa shape index (κ1) is 15.2. The molecule has 6 nitrogen and oxygen atoms in total. The molecule has 3 aromatic rings. The summed E-state index contributed by atoms with van der Waals surface area (Å²) in [7, 11) is -5.15. The van der Waals surface area contributed by atoms with Crippen LogP contribution in [0.2, 0.25) is 0 Å². The van der Waals surface area contributed by atoms with Crippen LogP contribution in [0.4, 0.5) is 8.78 Å². The molecular formula is C14H8F2O6S. The molecule has 0 saturated carbocycles. The van der Waals surface area contributed by atoms with E-state index in [0.29, 0.717) is 0 Å². The lowest BCUT2D eigenvalue weighted by Crippen LogP contribution is -2.17. The molecule has 1 heterocycles. The fourth-order valence-corrected chi connectivity index (χ4v) is 2.54. The van der Waals surface area contributed by atoms with Gasteiger partial charge < -0.3 is 13.7 Å². The van der Waals surface area contributed by atoms with Gasteiger partial charge in [0.15, 0.2) is 0 Å². The van der Waals surface area contributed by atoms with Crippen LogP contribution >= 0.6 is 0 Å². The maximum Gasteiger partial charge on any atom is 0.372 e. The van der Waals surface area contributed by atoms with Gasteiger partial charge >= 0.3 is 15.9 Å². The Labute approximate surface area is 127 Å². The molecule has 0 bridgehead atoms. The first-order valence-corrected chi connectivity index (χ1v) is 7.67. The van der Waals surface area contributed by atoms with Gasteiger partial charge in [-0.15, -0.1) is 0 Å². The lowest BCUT2D eigenvalue weighted by molar-refractivity contribution is 0.219. The summed E-state index contributed by atoms with van der Waals surface area (Å²) < 4.78 is 56.4. The van der Waals surface area contributed by atoms with Gasteiger partial charge in [-0.3, -0.25) is 4.79 Å². The zero-order valence-electron chi connectivity index (χ0n) is 11.2. The lowest BCUT2D eigenvalue weighted by atomic mass is 10.1. The normalized spacial score (nSPS) is 12.1. The highest BCUT2D eigenvalue weighted by molar-refractivity contribution is 7.87. The van der Waals surface area contributed by atoms with Crippen LogP contribution in [0.1, 0.15) is 0 Å². The average molecular weight is 342 g/mol. The fourth-order valence-electron chi connectivity index (χ4n) is 2.10. The predicted octanol–water partition coefficient (Wildman–Crippen LogP) is 2.58. The third-order valence-corrected chi connectivity index (χ3v) is 3.93. The zero-order chi connectivity index (χ0) is 16.8. The molecule has 120 valence electrons. The highest BCUT2D eigenvalue weighted by Crippen LogP contribution is 2.31. The van der Waals surface area contributed by atoms with Crippen LogP contribution in [0.5, 0.6) is 11.5 Å². The Kier molecular flexibility index (Phi) is 3.44. The fraction of sp³-hybridized carbons (Fsp3) is 0.0714. The highest BCUT2D eigenvalue weighted by Gasteiger charge is 2.27. The third kappa shape index (κ3) is 2.59. The van der Waals surface area contributed by atoms with Crippen molar-refractivity contribution in [2.75, 3.05) is 0 Å². The van der Waals surface area contributed by atoms with Crippen molar-refractivity contribution < 1.29 is 30.9 Å². The van der Waals surface area contributed by atoms with E-state index in [1.54, 1.807) is 12.1 Å². The molecule has 0 amide bonds. The summed E-state index contributed by atoms with van der Waals surface area (Å²) in [4.78, 5) is 12.3. The maximum atomic E-state index is 12.3. The van der Waals surface area contributed by atoms with Gasteiger partial charge in [-0.05, 0) is 12.1 Å². The number of halogens is 2. The minimum atomic E-state index is -5.15. The van der Waals surface area contributed by atoms with Gasteiger partial charge in [-0.2, -0.15) is 17.2 Å². The molecule has 3 rings (SSSR count). The standard InChI is InChI=1S/C14H8F2O6S/c15-14(16)23(19,20)22-7-5-9(17)12-11(6-7)21-10-4-2-1-3-8(10)13(12)18/h1-6,14,17H. The van der Waals surface area contributed by atoms with Crippen molar-refractivity contribution in [1.29, 1.82) is 0 Å². The molecular weight excluding hydrogens is 334 g/mol. The van der Waals surface area contributed by atoms with Gasteiger partial charge in [0.25, 0.3) is 0 Å². The largest absolute Gasteiger partial charge is 0.507 e. The van der Waals surface area contributed by atoms with Crippen LogP contribution in [-0.4, -0.2) is 19.3 Å². The minimum Gasteiger partial charge on any atom is -0.507 e. The number of hydrogen-bond acceptors (Lipinski definition) is 6. The third-order valence-electron chi connectivity index (χ3n) is 3.06. The SMILES string of the molecule is O=c1c2ccccc2oc2cc(OS(=O)(=O)C(F)F)cc(O)c12. The van der Waals surface area contributed by atoms with Gasteiger partial charge in [0.1, 0.15) is 28.1 Å². The number of aromatic hydroxyl groups is 1. The monoisotopic (exact) mass is 342 g/mol. The summed E-state index contributed by atoms with van der Waals surface area (Å²) >= 11 is 0. The molecule has 0 radical (unpaired) electrons. The smallest absolute Gasteiger partial charge is 0.372 e. The number of phenols is 1. The molecule has 0 fully saturated rings. The highest BCUT2D eigenvalue weighted by atomic mass is 32.2. The summed E-state index contributed by atoms with van der Waals surface area (Å²) in [6, 6.07) is 7.91. The van der Waals surface area contributed by atoms with E-state index in [-0.39, 0.29) is 21.9 Å². The first-order chi connectivity index (χ1) is 10.8. The van der Waals surface area contributed by atoms with E-state index in [4.69, 9.17) is 4.42 Å². The first-order valence-electron chi connectivity index (χ1n) is 6.19. The van der Waals surface area contributed by atoms with Gasteiger partial charge in [0.05, 0.1) is 5.39 Å². The quantitative estimate of drug-likeness (QED) is 0.581.